The number of aliphatic hydroxyl groups is 1. The Balaban J connectivity index is 1.87. The van der Waals surface area contributed by atoms with E-state index in [0.717, 1.165) is 6.42 Å². The minimum absolute atomic E-state index is 0.0919. The maximum absolute atomic E-state index is 15.3. The van der Waals surface area contributed by atoms with Crippen LogP contribution in [-0.4, -0.2) is 51.2 Å². The number of carbonyl (C=O) groups excluding carboxylic acids is 1. The van der Waals surface area contributed by atoms with Gasteiger partial charge in [-0.25, -0.2) is 14.4 Å². The molecule has 1 amide bonds. The fraction of sp³-hybridized carbons (Fsp3) is 0.458. The number of nitrogens with one attached hydrogen (secondary N) is 1. The van der Waals surface area contributed by atoms with Crippen LogP contribution in [0.25, 0.3) is 5.52 Å². The molecule has 0 bridgehead atoms. The van der Waals surface area contributed by atoms with Crippen LogP contribution < -0.4 is 15.8 Å². The van der Waals surface area contributed by atoms with Crippen molar-refractivity contribution in [3.05, 3.63) is 51.9 Å². The summed E-state index contributed by atoms with van der Waals surface area (Å²) in [4.78, 5) is 21.8. The summed E-state index contributed by atoms with van der Waals surface area (Å²) in [5.74, 6) is -1.17. The number of ether oxygens (including phenoxy) is 2. The average Bonchev–Trinajstić information content (AvgIpc) is 3.43. The molecule has 0 saturated carbocycles. The normalized spacial score (nSPS) is 17.7. The number of carbonyl (C=O) groups is 1. The zero-order chi connectivity index (χ0) is 25.5. The molecule has 0 aliphatic carbocycles. The van der Waals surface area contributed by atoms with E-state index in [4.69, 9.17) is 26.8 Å². The number of anilines is 1. The Kier molecular flexibility index (Phi) is 6.90. The van der Waals surface area contributed by atoms with Crippen molar-refractivity contribution in [1.82, 2.24) is 19.7 Å². The molecule has 1 aliphatic heterocycles. The average molecular weight is 506 g/mol. The second-order valence-corrected chi connectivity index (χ2v) is 9.56. The summed E-state index contributed by atoms with van der Waals surface area (Å²) >= 11 is 6.24. The van der Waals surface area contributed by atoms with Crippen LogP contribution in [0.4, 0.5) is 10.2 Å². The summed E-state index contributed by atoms with van der Waals surface area (Å²) in [5.41, 5.74) is 4.97. The maximum atomic E-state index is 15.3. The van der Waals surface area contributed by atoms with Gasteiger partial charge < -0.3 is 25.6 Å². The number of nitrogens with zero attached hydrogens (tertiary/aromatic N) is 3. The van der Waals surface area contributed by atoms with E-state index in [1.807, 2.05) is 0 Å². The largest absolute Gasteiger partial charge is 0.490 e. The molecule has 3 heterocycles. The molecule has 0 radical (unpaired) electrons. The van der Waals surface area contributed by atoms with Crippen molar-refractivity contribution in [3.63, 3.8) is 0 Å². The number of fused-ring (bicyclic) bond motifs is 1. The molecular formula is C24H29ClFN5O4. The molecule has 1 aliphatic rings. The van der Waals surface area contributed by atoms with Gasteiger partial charge >= 0.3 is 0 Å². The van der Waals surface area contributed by atoms with E-state index in [9.17, 15) is 9.90 Å². The summed E-state index contributed by atoms with van der Waals surface area (Å²) in [5, 5.41) is 14.3. The van der Waals surface area contributed by atoms with Crippen molar-refractivity contribution in [2.75, 3.05) is 25.5 Å². The fourth-order valence-corrected chi connectivity index (χ4v) is 4.51. The lowest BCUT2D eigenvalue weighted by atomic mass is 9.91. The van der Waals surface area contributed by atoms with Gasteiger partial charge in [-0.05, 0) is 40.2 Å². The number of imidazole rings is 1. The van der Waals surface area contributed by atoms with E-state index in [2.05, 4.69) is 15.3 Å². The molecule has 11 heteroatoms. The highest BCUT2D eigenvalue weighted by atomic mass is 35.5. The first-order valence-corrected chi connectivity index (χ1v) is 11.8. The minimum Gasteiger partial charge on any atom is -0.490 e. The van der Waals surface area contributed by atoms with Crippen LogP contribution >= 0.6 is 11.6 Å². The van der Waals surface area contributed by atoms with E-state index in [-0.39, 0.29) is 39.5 Å². The Morgan fingerprint density at radius 2 is 2.26 bits per heavy atom. The van der Waals surface area contributed by atoms with Gasteiger partial charge in [0, 0.05) is 37.0 Å². The molecule has 0 spiro atoms. The van der Waals surface area contributed by atoms with Crippen molar-refractivity contribution in [2.45, 2.75) is 45.8 Å². The number of benzene rings is 1. The predicted octanol–water partition coefficient (Wildman–Crippen LogP) is 3.22. The van der Waals surface area contributed by atoms with Crippen molar-refractivity contribution in [3.8, 4) is 5.75 Å². The third-order valence-electron chi connectivity index (χ3n) is 6.05. The van der Waals surface area contributed by atoms with Gasteiger partial charge in [0.2, 0.25) is 0 Å². The SMILES string of the molecule is Cc1nc(C(C)(O)c2cc(Cl)c(F)c(C(=O)NC[C@H]3CCOC3)c2OC(C)C)n2ccnc(N)c12. The van der Waals surface area contributed by atoms with Gasteiger partial charge in [-0.1, -0.05) is 11.6 Å². The molecule has 1 saturated heterocycles. The number of amides is 1. The van der Waals surface area contributed by atoms with Gasteiger partial charge in [0.15, 0.2) is 5.82 Å². The highest BCUT2D eigenvalue weighted by molar-refractivity contribution is 6.31. The molecule has 1 unspecified atom stereocenters. The van der Waals surface area contributed by atoms with E-state index < -0.39 is 23.4 Å². The molecule has 1 aromatic carbocycles. The highest BCUT2D eigenvalue weighted by Gasteiger charge is 2.39. The van der Waals surface area contributed by atoms with Gasteiger partial charge in [-0.2, -0.15) is 0 Å². The number of hydrogen-bond acceptors (Lipinski definition) is 7. The third-order valence-corrected chi connectivity index (χ3v) is 6.32. The molecular weight excluding hydrogens is 477 g/mol. The fourth-order valence-electron chi connectivity index (χ4n) is 4.31. The Morgan fingerprint density at radius 1 is 1.51 bits per heavy atom. The summed E-state index contributed by atoms with van der Waals surface area (Å²) in [6, 6.07) is 1.26. The van der Waals surface area contributed by atoms with Crippen LogP contribution in [0, 0.1) is 18.7 Å². The van der Waals surface area contributed by atoms with Crippen LogP contribution in [0.1, 0.15) is 54.6 Å². The third kappa shape index (κ3) is 4.65. The highest BCUT2D eigenvalue weighted by Crippen LogP contribution is 2.42. The van der Waals surface area contributed by atoms with Crippen LogP contribution in [0.3, 0.4) is 0 Å². The van der Waals surface area contributed by atoms with Crippen LogP contribution in [0.5, 0.6) is 5.75 Å². The molecule has 9 nitrogen and oxygen atoms in total. The summed E-state index contributed by atoms with van der Waals surface area (Å²) in [6.45, 7) is 8.16. The Bertz CT molecular complexity index is 1270. The first-order chi connectivity index (χ1) is 16.5. The van der Waals surface area contributed by atoms with E-state index in [0.29, 0.717) is 31.0 Å². The van der Waals surface area contributed by atoms with Crippen molar-refractivity contribution < 1.29 is 23.8 Å². The zero-order valence-electron chi connectivity index (χ0n) is 20.1. The molecule has 1 fully saturated rings. The number of nitrogens with two attached hydrogens (primary N) is 1. The standard InChI is InChI=1S/C24H29ClFN5O4/c1-12(2)35-20-15(24(4,33)23-30-13(3)19-21(27)28-6-7-31(19)23)9-16(25)18(26)17(20)22(32)29-10-14-5-8-34-11-14/h6-7,9,12,14,33H,5,8,10-11H2,1-4H3,(H2,27,28)(H,29,32)/t14-,24?/m1/s1. The van der Waals surface area contributed by atoms with E-state index >= 15 is 4.39 Å². The molecule has 4 N–H and O–H groups in total. The molecule has 2 aromatic heterocycles. The summed E-state index contributed by atoms with van der Waals surface area (Å²) in [7, 11) is 0. The number of rotatable bonds is 7. The lowest BCUT2D eigenvalue weighted by Gasteiger charge is -2.28. The van der Waals surface area contributed by atoms with Crippen molar-refractivity contribution in [1.29, 1.82) is 0 Å². The van der Waals surface area contributed by atoms with Crippen LogP contribution in [-0.2, 0) is 10.3 Å². The number of hydrogen-bond donors (Lipinski definition) is 3. The Labute approximate surface area is 207 Å². The molecule has 2 atom stereocenters. The van der Waals surface area contributed by atoms with Gasteiger partial charge in [0.1, 0.15) is 34.1 Å². The predicted molar refractivity (Wildman–Crippen MR) is 129 cm³/mol. The Morgan fingerprint density at radius 3 is 2.91 bits per heavy atom. The lowest BCUT2D eigenvalue weighted by molar-refractivity contribution is 0.0840. The first-order valence-electron chi connectivity index (χ1n) is 11.4. The second-order valence-electron chi connectivity index (χ2n) is 9.15. The number of nitrogen functional groups attached to an aromatic ring is 1. The smallest absolute Gasteiger partial charge is 0.258 e. The van der Waals surface area contributed by atoms with E-state index in [1.165, 1.54) is 19.2 Å². The maximum Gasteiger partial charge on any atom is 0.258 e. The lowest BCUT2D eigenvalue weighted by Crippen LogP contribution is -2.33. The molecule has 188 valence electrons. The summed E-state index contributed by atoms with van der Waals surface area (Å²) in [6.07, 6.45) is 3.47. The van der Waals surface area contributed by atoms with Crippen LogP contribution in [0.15, 0.2) is 18.5 Å². The summed E-state index contributed by atoms with van der Waals surface area (Å²) < 4.78 is 28.2. The number of aryl methyl sites for hydroxylation is 1. The van der Waals surface area contributed by atoms with Gasteiger partial charge in [-0.3, -0.25) is 9.20 Å². The van der Waals surface area contributed by atoms with Crippen molar-refractivity contribution >= 4 is 28.8 Å². The zero-order valence-corrected chi connectivity index (χ0v) is 20.8. The van der Waals surface area contributed by atoms with Crippen LogP contribution in [0.2, 0.25) is 5.02 Å². The molecule has 3 aromatic rings. The minimum atomic E-state index is -1.85. The van der Waals surface area contributed by atoms with Gasteiger partial charge in [0.05, 0.1) is 23.4 Å². The molecule has 35 heavy (non-hydrogen) atoms. The Hall–Kier alpha value is -2.95. The first kappa shape index (κ1) is 25.2. The number of halogens is 2. The van der Waals surface area contributed by atoms with Crippen molar-refractivity contribution in [2.24, 2.45) is 5.92 Å². The number of aromatic nitrogens is 3. The monoisotopic (exact) mass is 505 g/mol. The van der Waals surface area contributed by atoms with Gasteiger partial charge in [0.25, 0.3) is 5.91 Å². The second kappa shape index (κ2) is 9.60. The topological polar surface area (TPSA) is 124 Å². The van der Waals surface area contributed by atoms with E-state index in [1.54, 1.807) is 31.4 Å². The van der Waals surface area contributed by atoms with Gasteiger partial charge in [-0.15, -0.1) is 0 Å². The quantitative estimate of drug-likeness (QED) is 0.450. The molecule has 4 rings (SSSR count).